The molecule has 0 aliphatic carbocycles. The van der Waals surface area contributed by atoms with Gasteiger partial charge < -0.3 is 9.73 Å². The van der Waals surface area contributed by atoms with Gasteiger partial charge >= 0.3 is 0 Å². The second kappa shape index (κ2) is 7.25. The van der Waals surface area contributed by atoms with E-state index < -0.39 is 0 Å². The molecule has 0 amide bonds. The van der Waals surface area contributed by atoms with Crippen molar-refractivity contribution < 1.29 is 4.42 Å². The van der Waals surface area contributed by atoms with Crippen LogP contribution in [0.3, 0.4) is 0 Å². The van der Waals surface area contributed by atoms with Crippen molar-refractivity contribution in [2.45, 2.75) is 52.4 Å². The maximum Gasteiger partial charge on any atom is 0.118 e. The summed E-state index contributed by atoms with van der Waals surface area (Å²) in [7, 11) is 2.22. The van der Waals surface area contributed by atoms with Gasteiger partial charge in [0.1, 0.15) is 11.5 Å². The van der Waals surface area contributed by atoms with Crippen LogP contribution in [0.25, 0.3) is 0 Å². The van der Waals surface area contributed by atoms with Gasteiger partial charge in [0.05, 0.1) is 13.1 Å². The minimum Gasteiger partial charge on any atom is -0.463 e. The number of nitrogens with one attached hydrogen (secondary N) is 1. The number of nitrogens with zero attached hydrogens (tertiary/aromatic N) is 2. The third kappa shape index (κ3) is 4.08. The number of hydrogen-bond acceptors (Lipinski definition) is 4. The van der Waals surface area contributed by atoms with E-state index in [1.54, 1.807) is 0 Å². The molecule has 1 aliphatic heterocycles. The van der Waals surface area contributed by atoms with Gasteiger partial charge in [-0.05, 0) is 46.0 Å². The molecule has 1 aromatic rings. The van der Waals surface area contributed by atoms with Gasteiger partial charge in [-0.15, -0.1) is 0 Å². The van der Waals surface area contributed by atoms with Crippen LogP contribution >= 0.6 is 0 Å². The molecule has 2 rings (SSSR count). The van der Waals surface area contributed by atoms with Crippen molar-refractivity contribution >= 4 is 0 Å². The number of hydrogen-bond donors (Lipinski definition) is 1. The van der Waals surface area contributed by atoms with Gasteiger partial charge in [-0.2, -0.15) is 0 Å². The van der Waals surface area contributed by atoms with Gasteiger partial charge in [0, 0.05) is 25.2 Å². The van der Waals surface area contributed by atoms with Crippen LogP contribution in [0.15, 0.2) is 16.5 Å². The van der Waals surface area contributed by atoms with Gasteiger partial charge in [-0.1, -0.05) is 6.92 Å². The highest BCUT2D eigenvalue weighted by Gasteiger charge is 2.26. The fraction of sp³-hybridized carbons (Fsp3) is 0.750. The lowest BCUT2D eigenvalue weighted by Gasteiger charge is -2.42. The molecule has 0 spiro atoms. The standard InChI is InChI=1S/C16H29N3O/c1-5-8-17-9-15-6-7-16(20-15)12-19-10-13(2)18(4)14(3)11-19/h6-7,13-14,17H,5,8-12H2,1-4H3. The Bertz CT molecular complexity index is 392. The average Bonchev–Trinajstić information content (AvgIpc) is 2.84. The van der Waals surface area contributed by atoms with Crippen molar-refractivity contribution in [3.05, 3.63) is 23.7 Å². The zero-order valence-electron chi connectivity index (χ0n) is 13.4. The van der Waals surface area contributed by atoms with Crippen LogP contribution in [0.5, 0.6) is 0 Å². The van der Waals surface area contributed by atoms with Crippen molar-refractivity contribution in [3.8, 4) is 0 Å². The Balaban J connectivity index is 1.84. The first-order valence-electron chi connectivity index (χ1n) is 7.82. The Hall–Kier alpha value is -0.840. The van der Waals surface area contributed by atoms with E-state index in [0.717, 1.165) is 50.7 Å². The van der Waals surface area contributed by atoms with E-state index in [0.29, 0.717) is 12.1 Å². The summed E-state index contributed by atoms with van der Waals surface area (Å²) < 4.78 is 5.91. The highest BCUT2D eigenvalue weighted by atomic mass is 16.3. The largest absolute Gasteiger partial charge is 0.463 e. The van der Waals surface area contributed by atoms with Gasteiger partial charge in [-0.25, -0.2) is 0 Å². The monoisotopic (exact) mass is 279 g/mol. The van der Waals surface area contributed by atoms with Crippen molar-refractivity contribution in [2.24, 2.45) is 0 Å². The molecule has 2 heterocycles. The van der Waals surface area contributed by atoms with Crippen LogP contribution in [0.2, 0.25) is 0 Å². The molecule has 114 valence electrons. The van der Waals surface area contributed by atoms with Crippen LogP contribution in [-0.2, 0) is 13.1 Å². The molecule has 0 aromatic carbocycles. The second-order valence-electron chi connectivity index (χ2n) is 6.10. The third-order valence-electron chi connectivity index (χ3n) is 4.26. The quantitative estimate of drug-likeness (QED) is 0.810. The molecule has 1 aliphatic rings. The summed E-state index contributed by atoms with van der Waals surface area (Å²) in [6.45, 7) is 11.8. The Morgan fingerprint density at radius 3 is 2.50 bits per heavy atom. The summed E-state index contributed by atoms with van der Waals surface area (Å²) in [4.78, 5) is 4.95. The molecular weight excluding hydrogens is 250 g/mol. The van der Waals surface area contributed by atoms with Crippen molar-refractivity contribution in [3.63, 3.8) is 0 Å². The Kier molecular flexibility index (Phi) is 5.64. The first kappa shape index (κ1) is 15.5. The first-order chi connectivity index (χ1) is 9.60. The van der Waals surface area contributed by atoms with Gasteiger partial charge in [-0.3, -0.25) is 9.80 Å². The first-order valence-corrected chi connectivity index (χ1v) is 7.82. The van der Waals surface area contributed by atoms with Crippen LogP contribution < -0.4 is 5.32 Å². The Morgan fingerprint density at radius 1 is 1.20 bits per heavy atom. The molecule has 20 heavy (non-hydrogen) atoms. The van der Waals surface area contributed by atoms with Gasteiger partial charge in [0.2, 0.25) is 0 Å². The van der Waals surface area contributed by atoms with E-state index in [1.165, 1.54) is 0 Å². The average molecular weight is 279 g/mol. The summed E-state index contributed by atoms with van der Waals surface area (Å²) >= 11 is 0. The lowest BCUT2D eigenvalue weighted by molar-refractivity contribution is 0.0516. The summed E-state index contributed by atoms with van der Waals surface area (Å²) in [6, 6.07) is 5.44. The number of piperazine rings is 1. The van der Waals surface area contributed by atoms with Crippen molar-refractivity contribution in [1.29, 1.82) is 0 Å². The molecule has 1 fully saturated rings. The number of rotatable bonds is 6. The minimum atomic E-state index is 0.611. The van der Waals surface area contributed by atoms with E-state index in [2.05, 4.69) is 55.1 Å². The summed E-state index contributed by atoms with van der Waals surface area (Å²) in [6.07, 6.45) is 1.16. The molecule has 4 nitrogen and oxygen atoms in total. The lowest BCUT2D eigenvalue weighted by Crippen LogP contribution is -2.54. The highest BCUT2D eigenvalue weighted by Crippen LogP contribution is 2.17. The molecular formula is C16H29N3O. The Labute approximate surface area is 123 Å². The molecule has 1 saturated heterocycles. The van der Waals surface area contributed by atoms with E-state index in [4.69, 9.17) is 4.42 Å². The Morgan fingerprint density at radius 2 is 1.85 bits per heavy atom. The van der Waals surface area contributed by atoms with E-state index in [-0.39, 0.29) is 0 Å². The molecule has 2 atom stereocenters. The van der Waals surface area contributed by atoms with E-state index in [9.17, 15) is 0 Å². The molecule has 0 radical (unpaired) electrons. The van der Waals surface area contributed by atoms with Crippen molar-refractivity contribution in [2.75, 3.05) is 26.7 Å². The summed E-state index contributed by atoms with van der Waals surface area (Å²) in [5, 5.41) is 3.37. The third-order valence-corrected chi connectivity index (χ3v) is 4.26. The fourth-order valence-corrected chi connectivity index (χ4v) is 2.85. The fourth-order valence-electron chi connectivity index (χ4n) is 2.85. The molecule has 1 N–H and O–H groups in total. The molecule has 0 saturated carbocycles. The SMILES string of the molecule is CCCNCc1ccc(CN2CC(C)N(C)C(C)C2)o1. The molecule has 0 bridgehead atoms. The van der Waals surface area contributed by atoms with Crippen LogP contribution in [-0.4, -0.2) is 48.6 Å². The molecule has 2 unspecified atom stereocenters. The zero-order valence-corrected chi connectivity index (χ0v) is 13.4. The number of furan rings is 1. The van der Waals surface area contributed by atoms with Crippen molar-refractivity contribution in [1.82, 2.24) is 15.1 Å². The van der Waals surface area contributed by atoms with Crippen LogP contribution in [0.1, 0.15) is 38.7 Å². The van der Waals surface area contributed by atoms with Crippen LogP contribution in [0, 0.1) is 0 Å². The van der Waals surface area contributed by atoms with Crippen LogP contribution in [0.4, 0.5) is 0 Å². The maximum absolute atomic E-state index is 5.91. The second-order valence-corrected chi connectivity index (χ2v) is 6.10. The minimum absolute atomic E-state index is 0.611. The normalized spacial score (nSPS) is 25.2. The molecule has 1 aromatic heterocycles. The summed E-state index contributed by atoms with van der Waals surface area (Å²) in [5.74, 6) is 2.13. The van der Waals surface area contributed by atoms with E-state index in [1.807, 2.05) is 0 Å². The van der Waals surface area contributed by atoms with E-state index >= 15 is 0 Å². The highest BCUT2D eigenvalue weighted by molar-refractivity contribution is 5.07. The smallest absolute Gasteiger partial charge is 0.118 e. The van der Waals surface area contributed by atoms with Gasteiger partial charge in [0.15, 0.2) is 0 Å². The molecule has 4 heteroatoms. The number of likely N-dealkylation sites (N-methyl/N-ethyl adjacent to an activating group) is 1. The predicted molar refractivity (Wildman–Crippen MR) is 82.7 cm³/mol. The predicted octanol–water partition coefficient (Wildman–Crippen LogP) is 2.30. The maximum atomic E-state index is 5.91. The van der Waals surface area contributed by atoms with Gasteiger partial charge in [0.25, 0.3) is 0 Å². The summed E-state index contributed by atoms with van der Waals surface area (Å²) in [5.41, 5.74) is 0. The lowest BCUT2D eigenvalue weighted by atomic mass is 10.1. The topological polar surface area (TPSA) is 31.6 Å². The zero-order chi connectivity index (χ0) is 14.5.